The van der Waals surface area contributed by atoms with Gasteiger partial charge in [-0.05, 0) is 0 Å². The van der Waals surface area contributed by atoms with Crippen molar-refractivity contribution in [2.45, 2.75) is 51.6 Å². The van der Waals surface area contributed by atoms with Crippen LogP contribution in [0.15, 0.2) is 78.4 Å². The summed E-state index contributed by atoms with van der Waals surface area (Å²) in [5.41, 5.74) is 13.4. The summed E-state index contributed by atoms with van der Waals surface area (Å²) in [7, 11) is 15.2. The molecule has 0 amide bonds. The van der Waals surface area contributed by atoms with E-state index in [0.717, 1.165) is 6.42 Å². The van der Waals surface area contributed by atoms with Crippen LogP contribution in [0.1, 0.15) is 59.1 Å². The molecule has 0 bridgehead atoms. The van der Waals surface area contributed by atoms with Crippen molar-refractivity contribution in [2.75, 3.05) is 0 Å². The van der Waals surface area contributed by atoms with Crippen LogP contribution < -0.4 is 13.6 Å². The molecule has 0 N–H and O–H groups in total. The molecule has 1 aliphatic heterocycles. The molecular weight excluding hydrogens is 611 g/mol. The van der Waals surface area contributed by atoms with E-state index in [1.807, 2.05) is 0 Å². The molecule has 0 saturated heterocycles. The predicted molar refractivity (Wildman–Crippen MR) is 172 cm³/mol. The SMILES string of the molecule is CCc1ccc2c(c1-c1cc(C)cc(C)c1)C=C(C(C)(C)C)[CH]2[Zr]([Cl])([Cl])[c]1cccc2c1[SiH2]c1ccccc1-2. The molecule has 2 aliphatic rings. The number of fused-ring (bicyclic) bond motifs is 4. The molecule has 198 valence electrons. The monoisotopic (exact) mass is 644 g/mol. The van der Waals surface area contributed by atoms with Gasteiger partial charge in [-0.25, -0.2) is 0 Å². The Labute approximate surface area is 247 Å². The van der Waals surface area contributed by atoms with Crippen LogP contribution >= 0.6 is 17.0 Å². The van der Waals surface area contributed by atoms with Gasteiger partial charge in [0.2, 0.25) is 0 Å². The normalized spacial score (nSPS) is 16.7. The molecule has 0 radical (unpaired) electrons. The second kappa shape index (κ2) is 9.99. The summed E-state index contributed by atoms with van der Waals surface area (Å²) >= 11 is -4.02. The van der Waals surface area contributed by atoms with Gasteiger partial charge in [-0.3, -0.25) is 0 Å². The Kier molecular flexibility index (Phi) is 7.03. The van der Waals surface area contributed by atoms with Crippen molar-refractivity contribution in [1.29, 1.82) is 0 Å². The maximum atomic E-state index is 7.90. The van der Waals surface area contributed by atoms with E-state index in [9.17, 15) is 0 Å². The Balaban J connectivity index is 1.58. The zero-order valence-electron chi connectivity index (χ0n) is 23.8. The molecule has 1 heterocycles. The maximum absolute atomic E-state index is 7.90. The first-order chi connectivity index (χ1) is 18.5. The second-order valence-electron chi connectivity index (χ2n) is 12.4. The summed E-state index contributed by atoms with van der Waals surface area (Å²) in [6.07, 6.45) is 3.46. The molecule has 39 heavy (non-hydrogen) atoms. The standard InChI is InChI=1S/C23H27.C12H9Si.2ClH.Zr/c1-7-17-8-9-18-13-20(23(4,5)6)14-21(18)22(17)19-11-15(2)10-16(3)12-19;1-3-7-11-9(5-1)10-6-2-4-8-12(10)13-11;;;/h8-14H,7H2,1-6H3;1-7H,13H2;2*1H;/q;;;;+2/p-2. The number of benzene rings is 4. The van der Waals surface area contributed by atoms with Crippen LogP contribution in [0.2, 0.25) is 0 Å². The van der Waals surface area contributed by atoms with E-state index in [4.69, 9.17) is 17.0 Å². The molecule has 1 atom stereocenters. The number of aryl methyl sites for hydroxylation is 3. The fourth-order valence-electron chi connectivity index (χ4n) is 6.91. The van der Waals surface area contributed by atoms with Gasteiger partial charge in [0.05, 0.1) is 0 Å². The molecule has 4 aromatic carbocycles. The third kappa shape index (κ3) is 4.61. The Morgan fingerprint density at radius 1 is 0.846 bits per heavy atom. The van der Waals surface area contributed by atoms with Gasteiger partial charge < -0.3 is 0 Å². The fourth-order valence-corrected chi connectivity index (χ4v) is 24.0. The summed E-state index contributed by atoms with van der Waals surface area (Å²) in [6, 6.07) is 27.3. The van der Waals surface area contributed by atoms with E-state index in [1.165, 1.54) is 69.3 Å². The van der Waals surface area contributed by atoms with Crippen molar-refractivity contribution in [3.63, 3.8) is 0 Å². The molecule has 1 unspecified atom stereocenters. The third-order valence-electron chi connectivity index (χ3n) is 8.62. The molecule has 1 aliphatic carbocycles. The first-order valence-electron chi connectivity index (χ1n) is 14.1. The number of hydrogen-bond acceptors (Lipinski definition) is 0. The average molecular weight is 647 g/mol. The van der Waals surface area contributed by atoms with Gasteiger partial charge in [0.25, 0.3) is 0 Å². The van der Waals surface area contributed by atoms with E-state index in [-0.39, 0.29) is 9.04 Å². The van der Waals surface area contributed by atoms with E-state index >= 15 is 0 Å². The molecule has 0 fully saturated rings. The Morgan fingerprint density at radius 2 is 1.54 bits per heavy atom. The zero-order chi connectivity index (χ0) is 27.7. The number of hydrogen-bond donors (Lipinski definition) is 0. The zero-order valence-corrected chi connectivity index (χ0v) is 29.1. The van der Waals surface area contributed by atoms with Crippen LogP contribution in [0.25, 0.3) is 28.3 Å². The molecule has 4 heteroatoms. The first-order valence-corrected chi connectivity index (χ1v) is 24.4. The van der Waals surface area contributed by atoms with Crippen molar-refractivity contribution in [3.05, 3.63) is 106 Å². The third-order valence-corrected chi connectivity index (χ3v) is 22.8. The van der Waals surface area contributed by atoms with Gasteiger partial charge in [0.1, 0.15) is 0 Å². The van der Waals surface area contributed by atoms with Gasteiger partial charge in [-0.15, -0.1) is 0 Å². The Hall–Kier alpha value is -1.70. The quantitative estimate of drug-likeness (QED) is 0.174. The van der Waals surface area contributed by atoms with Gasteiger partial charge >= 0.3 is 250 Å². The molecule has 0 nitrogen and oxygen atoms in total. The first kappa shape index (κ1) is 27.5. The fraction of sp³-hybridized carbons (Fsp3) is 0.257. The second-order valence-corrected chi connectivity index (χ2v) is 28.2. The molecule has 6 rings (SSSR count). The minimum atomic E-state index is -4.02. The minimum absolute atomic E-state index is 0.0415. The number of rotatable bonds is 4. The summed E-state index contributed by atoms with van der Waals surface area (Å²) < 4.78 is 1.38. The predicted octanol–water partition coefficient (Wildman–Crippen LogP) is 7.90. The summed E-state index contributed by atoms with van der Waals surface area (Å²) in [4.78, 5) is 0. The van der Waals surface area contributed by atoms with Gasteiger partial charge in [-0.1, -0.05) is 0 Å². The molecular formula is C35H36Cl2SiZr. The van der Waals surface area contributed by atoms with Crippen LogP contribution in [0.3, 0.4) is 0 Å². The number of halogens is 2. The average Bonchev–Trinajstić information content (AvgIpc) is 3.46. The molecule has 0 saturated carbocycles. The van der Waals surface area contributed by atoms with E-state index < -0.39 is 27.4 Å². The molecule has 0 aromatic heterocycles. The van der Waals surface area contributed by atoms with Crippen molar-refractivity contribution >= 4 is 46.3 Å². The van der Waals surface area contributed by atoms with E-state index in [1.54, 1.807) is 0 Å². The molecule has 0 spiro atoms. The van der Waals surface area contributed by atoms with Crippen LogP contribution in [-0.4, -0.2) is 9.52 Å². The van der Waals surface area contributed by atoms with Crippen molar-refractivity contribution in [2.24, 2.45) is 5.41 Å². The van der Waals surface area contributed by atoms with Crippen molar-refractivity contribution in [1.82, 2.24) is 0 Å². The number of allylic oxidation sites excluding steroid dienone is 1. The van der Waals surface area contributed by atoms with E-state index in [2.05, 4.69) is 120 Å². The van der Waals surface area contributed by atoms with Crippen molar-refractivity contribution in [3.8, 4) is 22.3 Å². The van der Waals surface area contributed by atoms with E-state index in [0.29, 0.717) is 0 Å². The summed E-state index contributed by atoms with van der Waals surface area (Å²) in [6.45, 7) is 13.6. The van der Waals surface area contributed by atoms with Crippen LogP contribution in [-0.2, 0) is 24.3 Å². The molecule has 4 aromatic rings. The van der Waals surface area contributed by atoms with Gasteiger partial charge in [0, 0.05) is 0 Å². The van der Waals surface area contributed by atoms with Gasteiger partial charge in [-0.2, -0.15) is 0 Å². The summed E-state index contributed by atoms with van der Waals surface area (Å²) in [5, 5.41) is 3.00. The van der Waals surface area contributed by atoms with Gasteiger partial charge in [0.15, 0.2) is 0 Å². The Bertz CT molecular complexity index is 1640. The van der Waals surface area contributed by atoms with Crippen LogP contribution in [0, 0.1) is 19.3 Å². The topological polar surface area (TPSA) is 0 Å². The van der Waals surface area contributed by atoms with Crippen LogP contribution in [0.4, 0.5) is 0 Å². The summed E-state index contributed by atoms with van der Waals surface area (Å²) in [5.74, 6) is 0. The van der Waals surface area contributed by atoms with Crippen molar-refractivity contribution < 1.29 is 17.9 Å². The van der Waals surface area contributed by atoms with Crippen LogP contribution in [0.5, 0.6) is 0 Å². The Morgan fingerprint density at radius 3 is 2.23 bits per heavy atom.